The highest BCUT2D eigenvalue weighted by Gasteiger charge is 2.19. The average Bonchev–Trinajstić information content (AvgIpc) is 2.14. The first-order chi connectivity index (χ1) is 7.74. The van der Waals surface area contributed by atoms with Crippen LogP contribution >= 0.6 is 15.9 Å². The van der Waals surface area contributed by atoms with Crippen molar-refractivity contribution in [2.45, 2.75) is 4.90 Å². The molecule has 1 aromatic rings. The Kier molecular flexibility index (Phi) is 4.26. The fraction of sp³-hybridized carbons (Fsp3) is 0.222. The minimum absolute atomic E-state index is 0.0145. The van der Waals surface area contributed by atoms with Crippen LogP contribution in [-0.2, 0) is 10.0 Å². The molecule has 0 atom stereocenters. The second-order valence-electron chi connectivity index (χ2n) is 3.44. The van der Waals surface area contributed by atoms with E-state index in [9.17, 15) is 13.2 Å². The number of sulfonamides is 1. The summed E-state index contributed by atoms with van der Waals surface area (Å²) in [5, 5.41) is 10.0. The molecule has 0 aliphatic rings. The molecule has 0 heterocycles. The van der Waals surface area contributed by atoms with E-state index in [2.05, 4.69) is 20.8 Å². The topological polar surface area (TPSA) is 86.7 Å². The first kappa shape index (κ1) is 14.1. The van der Waals surface area contributed by atoms with Gasteiger partial charge in [0.15, 0.2) is 0 Å². The Morgan fingerprint density at radius 3 is 2.41 bits per heavy atom. The molecule has 0 fully saturated rings. The number of rotatable bonds is 4. The molecule has 6 nitrogen and oxygen atoms in total. The number of aromatic carboxylic acids is 1. The summed E-state index contributed by atoms with van der Waals surface area (Å²) in [5.41, 5.74) is 0.0145. The summed E-state index contributed by atoms with van der Waals surface area (Å²) in [5.74, 6) is -1.12. The van der Waals surface area contributed by atoms with Gasteiger partial charge in [0.05, 0.1) is 10.5 Å². The summed E-state index contributed by atoms with van der Waals surface area (Å²) >= 11 is 3.04. The Morgan fingerprint density at radius 1 is 1.41 bits per heavy atom. The van der Waals surface area contributed by atoms with Crippen molar-refractivity contribution in [2.24, 2.45) is 0 Å². The normalized spacial score (nSPS) is 11.8. The second-order valence-corrected chi connectivity index (χ2v) is 5.92. The zero-order chi connectivity index (χ0) is 13.2. The zero-order valence-corrected chi connectivity index (χ0v) is 11.5. The lowest BCUT2D eigenvalue weighted by Crippen LogP contribution is -2.36. The summed E-state index contributed by atoms with van der Waals surface area (Å²) in [7, 11) is -0.619. The lowest BCUT2D eigenvalue weighted by atomic mass is 10.2. The maximum atomic E-state index is 11.8. The van der Waals surface area contributed by atoms with Crippen LogP contribution in [0.3, 0.4) is 0 Å². The van der Waals surface area contributed by atoms with E-state index in [-0.39, 0.29) is 14.9 Å². The molecular formula is C9H11BrN2O4S. The van der Waals surface area contributed by atoms with Gasteiger partial charge in [-0.1, -0.05) is 0 Å². The molecule has 0 amide bonds. The molecule has 0 aliphatic heterocycles. The maximum Gasteiger partial charge on any atom is 0.335 e. The Bertz CT molecular complexity index is 542. The van der Waals surface area contributed by atoms with Crippen LogP contribution in [-0.4, -0.2) is 38.6 Å². The molecule has 0 spiro atoms. The first-order valence-corrected chi connectivity index (χ1v) is 6.74. The molecule has 0 aromatic heterocycles. The third kappa shape index (κ3) is 3.50. The van der Waals surface area contributed by atoms with Crippen LogP contribution in [0.5, 0.6) is 0 Å². The number of benzene rings is 1. The molecule has 1 aromatic carbocycles. The fourth-order valence-corrected chi connectivity index (χ4v) is 3.30. The molecular weight excluding hydrogens is 312 g/mol. The minimum Gasteiger partial charge on any atom is -0.478 e. The first-order valence-electron chi connectivity index (χ1n) is 4.46. The summed E-state index contributed by atoms with van der Waals surface area (Å²) < 4.78 is 23.8. The summed E-state index contributed by atoms with van der Waals surface area (Å²) in [6, 6.07) is 3.71. The van der Waals surface area contributed by atoms with Gasteiger partial charge in [-0.3, -0.25) is 0 Å². The van der Waals surface area contributed by atoms with Gasteiger partial charge in [0.25, 0.3) is 10.0 Å². The molecule has 2 N–H and O–H groups in total. The Morgan fingerprint density at radius 2 is 2.00 bits per heavy atom. The summed E-state index contributed by atoms with van der Waals surface area (Å²) in [4.78, 5) is 12.9. The summed E-state index contributed by atoms with van der Waals surface area (Å²) in [6.07, 6.45) is 0. The number of carboxylic acid groups (broad SMARTS) is 1. The molecule has 0 unspecified atom stereocenters. The van der Waals surface area contributed by atoms with E-state index in [1.54, 1.807) is 0 Å². The van der Waals surface area contributed by atoms with E-state index in [0.717, 1.165) is 0 Å². The lowest BCUT2D eigenvalue weighted by molar-refractivity contribution is 0.0696. The smallest absolute Gasteiger partial charge is 0.335 e. The standard InChI is InChI=1S/C9H11BrN2O4S/c1-12(2)11-17(15,16)8-4-3-6(9(13)14)5-7(8)10/h3-5,11H,1-2H3,(H,13,14). The van der Waals surface area contributed by atoms with E-state index in [4.69, 9.17) is 5.11 Å². The van der Waals surface area contributed by atoms with Crippen LogP contribution in [0.2, 0.25) is 0 Å². The fourth-order valence-electron chi connectivity index (χ4n) is 1.14. The SMILES string of the molecule is CN(C)NS(=O)(=O)c1ccc(C(=O)O)cc1Br. The van der Waals surface area contributed by atoms with Crippen molar-refractivity contribution in [2.75, 3.05) is 14.1 Å². The van der Waals surface area contributed by atoms with Gasteiger partial charge in [-0.25, -0.2) is 18.2 Å². The molecule has 1 rings (SSSR count). The van der Waals surface area contributed by atoms with E-state index >= 15 is 0 Å². The molecule has 0 bridgehead atoms. The van der Waals surface area contributed by atoms with Crippen LogP contribution in [0.15, 0.2) is 27.6 Å². The average molecular weight is 323 g/mol. The second kappa shape index (κ2) is 5.13. The number of carbonyl (C=O) groups is 1. The molecule has 0 saturated heterocycles. The van der Waals surface area contributed by atoms with E-state index < -0.39 is 16.0 Å². The molecule has 0 radical (unpaired) electrons. The molecule has 8 heteroatoms. The number of hydrogen-bond acceptors (Lipinski definition) is 4. The number of nitrogens with zero attached hydrogens (tertiary/aromatic N) is 1. The summed E-state index contributed by atoms with van der Waals surface area (Å²) in [6.45, 7) is 0. The lowest BCUT2D eigenvalue weighted by Gasteiger charge is -2.13. The number of nitrogens with one attached hydrogen (secondary N) is 1. The highest BCUT2D eigenvalue weighted by molar-refractivity contribution is 9.10. The number of hydrogen-bond donors (Lipinski definition) is 2. The van der Waals surface area contributed by atoms with Gasteiger partial charge in [-0.05, 0) is 34.1 Å². The van der Waals surface area contributed by atoms with Crippen LogP contribution in [0.1, 0.15) is 10.4 Å². The van der Waals surface area contributed by atoms with Crippen LogP contribution < -0.4 is 4.83 Å². The van der Waals surface area contributed by atoms with Gasteiger partial charge in [0.2, 0.25) is 0 Å². The third-order valence-electron chi connectivity index (χ3n) is 1.77. The van der Waals surface area contributed by atoms with Gasteiger partial charge in [-0.15, -0.1) is 4.83 Å². The van der Waals surface area contributed by atoms with Gasteiger partial charge >= 0.3 is 5.97 Å². The largest absolute Gasteiger partial charge is 0.478 e. The molecule has 0 aliphatic carbocycles. The molecule has 17 heavy (non-hydrogen) atoms. The van der Waals surface area contributed by atoms with Gasteiger partial charge in [0.1, 0.15) is 0 Å². The predicted molar refractivity (Wildman–Crippen MR) is 65.1 cm³/mol. The molecule has 94 valence electrons. The Hall–Kier alpha value is -0.960. The predicted octanol–water partition coefficient (Wildman–Crippen LogP) is 0.902. The quantitative estimate of drug-likeness (QED) is 0.804. The van der Waals surface area contributed by atoms with Crippen molar-refractivity contribution in [3.63, 3.8) is 0 Å². The Labute approximate surface area is 107 Å². The number of hydrazine groups is 1. The van der Waals surface area contributed by atoms with Crippen molar-refractivity contribution in [1.82, 2.24) is 9.84 Å². The zero-order valence-electron chi connectivity index (χ0n) is 9.14. The van der Waals surface area contributed by atoms with Crippen LogP contribution in [0.25, 0.3) is 0 Å². The van der Waals surface area contributed by atoms with Crippen molar-refractivity contribution >= 4 is 31.9 Å². The van der Waals surface area contributed by atoms with E-state index in [1.807, 2.05) is 0 Å². The minimum atomic E-state index is -3.70. The monoisotopic (exact) mass is 322 g/mol. The van der Waals surface area contributed by atoms with Crippen molar-refractivity contribution in [3.8, 4) is 0 Å². The van der Waals surface area contributed by atoms with Gasteiger partial charge < -0.3 is 5.11 Å². The van der Waals surface area contributed by atoms with Crippen molar-refractivity contribution < 1.29 is 18.3 Å². The number of carboxylic acids is 1. The van der Waals surface area contributed by atoms with Gasteiger partial charge in [0, 0.05) is 18.6 Å². The third-order valence-corrected chi connectivity index (χ3v) is 4.23. The molecule has 0 saturated carbocycles. The van der Waals surface area contributed by atoms with E-state index in [0.29, 0.717) is 0 Å². The van der Waals surface area contributed by atoms with Crippen molar-refractivity contribution in [3.05, 3.63) is 28.2 Å². The van der Waals surface area contributed by atoms with E-state index in [1.165, 1.54) is 37.3 Å². The van der Waals surface area contributed by atoms with Crippen LogP contribution in [0.4, 0.5) is 0 Å². The number of halogens is 1. The maximum absolute atomic E-state index is 11.8. The Balaban J connectivity index is 3.21. The van der Waals surface area contributed by atoms with Crippen LogP contribution in [0, 0.1) is 0 Å². The van der Waals surface area contributed by atoms with Crippen molar-refractivity contribution in [1.29, 1.82) is 0 Å². The highest BCUT2D eigenvalue weighted by atomic mass is 79.9. The van der Waals surface area contributed by atoms with Gasteiger partial charge in [-0.2, -0.15) is 0 Å². The highest BCUT2D eigenvalue weighted by Crippen LogP contribution is 2.23.